The van der Waals surface area contributed by atoms with Crippen LogP contribution in [-0.2, 0) is 0 Å². The Kier molecular flexibility index (Phi) is 2.17. The van der Waals surface area contributed by atoms with Crippen molar-refractivity contribution in [2.45, 2.75) is 6.42 Å². The summed E-state index contributed by atoms with van der Waals surface area (Å²) in [5.41, 5.74) is 1.20. The molecule has 1 aliphatic carbocycles. The molecule has 2 aliphatic rings. The first kappa shape index (κ1) is 9.22. The van der Waals surface area contributed by atoms with Crippen LogP contribution < -0.4 is 4.90 Å². The maximum absolute atomic E-state index is 5.77. The van der Waals surface area contributed by atoms with Crippen LogP contribution in [0.2, 0.25) is 5.15 Å². The SMILES string of the molecule is Clc1ccc(N2C[C@H]3CC=C[C@H]3C2)cn1. The van der Waals surface area contributed by atoms with Crippen molar-refractivity contribution in [1.29, 1.82) is 0 Å². The van der Waals surface area contributed by atoms with Gasteiger partial charge in [-0.25, -0.2) is 4.98 Å². The summed E-state index contributed by atoms with van der Waals surface area (Å²) in [6.07, 6.45) is 7.77. The van der Waals surface area contributed by atoms with Gasteiger partial charge in [-0.3, -0.25) is 0 Å². The Balaban J connectivity index is 1.79. The molecule has 1 aromatic heterocycles. The van der Waals surface area contributed by atoms with E-state index in [9.17, 15) is 0 Å². The van der Waals surface area contributed by atoms with Crippen molar-refractivity contribution >= 4 is 17.3 Å². The molecule has 3 rings (SSSR count). The third-order valence-electron chi connectivity index (χ3n) is 3.39. The van der Waals surface area contributed by atoms with Crippen molar-refractivity contribution < 1.29 is 0 Å². The van der Waals surface area contributed by atoms with E-state index in [1.165, 1.54) is 12.1 Å². The number of aromatic nitrogens is 1. The van der Waals surface area contributed by atoms with E-state index >= 15 is 0 Å². The summed E-state index contributed by atoms with van der Waals surface area (Å²) in [7, 11) is 0. The summed E-state index contributed by atoms with van der Waals surface area (Å²) in [5.74, 6) is 1.57. The summed E-state index contributed by atoms with van der Waals surface area (Å²) in [6.45, 7) is 2.28. The highest BCUT2D eigenvalue weighted by Gasteiger charge is 2.33. The average molecular weight is 221 g/mol. The smallest absolute Gasteiger partial charge is 0.129 e. The molecule has 2 atom stereocenters. The largest absolute Gasteiger partial charge is 0.369 e. The number of anilines is 1. The number of hydrogen-bond acceptors (Lipinski definition) is 2. The van der Waals surface area contributed by atoms with E-state index in [0.717, 1.165) is 24.9 Å². The van der Waals surface area contributed by atoms with E-state index in [-0.39, 0.29) is 0 Å². The van der Waals surface area contributed by atoms with Crippen molar-refractivity contribution in [2.24, 2.45) is 11.8 Å². The standard InChI is InChI=1S/C12H13ClN2/c13-12-5-4-11(6-14-12)15-7-9-2-1-3-10(9)8-15/h1-2,4-6,9-10H,3,7-8H2/t9-,10+/m0/s1. The summed E-state index contributed by atoms with van der Waals surface area (Å²) in [5, 5.41) is 0.568. The molecule has 1 aromatic rings. The second kappa shape index (κ2) is 3.53. The summed E-state index contributed by atoms with van der Waals surface area (Å²) in [6, 6.07) is 3.92. The molecule has 15 heavy (non-hydrogen) atoms. The summed E-state index contributed by atoms with van der Waals surface area (Å²) in [4.78, 5) is 6.53. The third-order valence-corrected chi connectivity index (χ3v) is 3.61. The number of rotatable bonds is 1. The van der Waals surface area contributed by atoms with Gasteiger partial charge < -0.3 is 4.90 Å². The van der Waals surface area contributed by atoms with Crippen molar-refractivity contribution in [3.8, 4) is 0 Å². The van der Waals surface area contributed by atoms with Crippen LogP contribution in [0.3, 0.4) is 0 Å². The number of fused-ring (bicyclic) bond motifs is 1. The first-order valence-electron chi connectivity index (χ1n) is 5.36. The number of pyridine rings is 1. The molecule has 0 aromatic carbocycles. The highest BCUT2D eigenvalue weighted by atomic mass is 35.5. The van der Waals surface area contributed by atoms with E-state index in [2.05, 4.69) is 28.1 Å². The molecule has 78 valence electrons. The molecule has 2 nitrogen and oxygen atoms in total. The zero-order valence-electron chi connectivity index (χ0n) is 8.44. The van der Waals surface area contributed by atoms with Gasteiger partial charge >= 0.3 is 0 Å². The molecule has 0 saturated carbocycles. The van der Waals surface area contributed by atoms with Crippen LogP contribution in [-0.4, -0.2) is 18.1 Å². The minimum absolute atomic E-state index is 0.568. The topological polar surface area (TPSA) is 16.1 Å². The minimum atomic E-state index is 0.568. The van der Waals surface area contributed by atoms with Gasteiger partial charge in [0.2, 0.25) is 0 Å². The van der Waals surface area contributed by atoms with Crippen LogP contribution in [0.25, 0.3) is 0 Å². The molecular weight excluding hydrogens is 208 g/mol. The fourth-order valence-corrected chi connectivity index (χ4v) is 2.67. The van der Waals surface area contributed by atoms with Crippen molar-refractivity contribution in [1.82, 2.24) is 4.98 Å². The lowest BCUT2D eigenvalue weighted by atomic mass is 10.0. The summed E-state index contributed by atoms with van der Waals surface area (Å²) >= 11 is 5.77. The maximum Gasteiger partial charge on any atom is 0.129 e. The molecule has 1 fully saturated rings. The van der Waals surface area contributed by atoms with Crippen molar-refractivity contribution in [3.63, 3.8) is 0 Å². The highest BCUT2D eigenvalue weighted by Crippen LogP contribution is 2.35. The fraction of sp³-hybridized carbons (Fsp3) is 0.417. The van der Waals surface area contributed by atoms with Crippen molar-refractivity contribution in [3.05, 3.63) is 35.6 Å². The van der Waals surface area contributed by atoms with Gasteiger partial charge in [-0.2, -0.15) is 0 Å². The van der Waals surface area contributed by atoms with Crippen molar-refractivity contribution in [2.75, 3.05) is 18.0 Å². The second-order valence-electron chi connectivity index (χ2n) is 4.33. The van der Waals surface area contributed by atoms with Gasteiger partial charge in [0.1, 0.15) is 5.15 Å². The van der Waals surface area contributed by atoms with E-state index in [4.69, 9.17) is 11.6 Å². The number of allylic oxidation sites excluding steroid dienone is 1. The highest BCUT2D eigenvalue weighted by molar-refractivity contribution is 6.29. The lowest BCUT2D eigenvalue weighted by molar-refractivity contribution is 0.535. The van der Waals surface area contributed by atoms with Crippen LogP contribution in [0.1, 0.15) is 6.42 Å². The van der Waals surface area contributed by atoms with Gasteiger partial charge in [0.25, 0.3) is 0 Å². The number of halogens is 1. The Bertz CT molecular complexity index is 385. The molecule has 0 radical (unpaired) electrons. The lowest BCUT2D eigenvalue weighted by Crippen LogP contribution is -2.20. The molecule has 0 bridgehead atoms. The Morgan fingerprint density at radius 2 is 2.27 bits per heavy atom. The molecule has 1 aliphatic heterocycles. The zero-order chi connectivity index (χ0) is 10.3. The van der Waals surface area contributed by atoms with Gasteiger partial charge in [-0.05, 0) is 30.4 Å². The summed E-state index contributed by atoms with van der Waals surface area (Å²) < 4.78 is 0. The molecule has 2 heterocycles. The van der Waals surface area contributed by atoms with E-state index < -0.39 is 0 Å². The third kappa shape index (κ3) is 1.63. The first-order valence-corrected chi connectivity index (χ1v) is 5.74. The number of nitrogens with zero attached hydrogens (tertiary/aromatic N) is 2. The van der Waals surface area contributed by atoms with E-state index in [0.29, 0.717) is 5.15 Å². The Hall–Kier alpha value is -1.02. The molecule has 3 heteroatoms. The van der Waals surface area contributed by atoms with Crippen LogP contribution >= 0.6 is 11.6 Å². The lowest BCUT2D eigenvalue weighted by Gasteiger charge is -2.18. The van der Waals surface area contributed by atoms with E-state index in [1.807, 2.05) is 12.3 Å². The average Bonchev–Trinajstić information content (AvgIpc) is 2.78. The first-order chi connectivity index (χ1) is 7.33. The Morgan fingerprint density at radius 1 is 1.33 bits per heavy atom. The fourth-order valence-electron chi connectivity index (χ4n) is 2.56. The monoisotopic (exact) mass is 220 g/mol. The van der Waals surface area contributed by atoms with Gasteiger partial charge in [0, 0.05) is 13.1 Å². The molecule has 0 amide bonds. The molecule has 1 saturated heterocycles. The molecule has 0 spiro atoms. The maximum atomic E-state index is 5.77. The predicted octanol–water partition coefficient (Wildman–Crippen LogP) is 2.75. The predicted molar refractivity (Wildman–Crippen MR) is 62.2 cm³/mol. The van der Waals surface area contributed by atoms with Crippen LogP contribution in [0.4, 0.5) is 5.69 Å². The molecule has 0 N–H and O–H groups in total. The van der Waals surface area contributed by atoms with Crippen LogP contribution in [0.5, 0.6) is 0 Å². The van der Waals surface area contributed by atoms with Crippen LogP contribution in [0.15, 0.2) is 30.5 Å². The zero-order valence-corrected chi connectivity index (χ0v) is 9.19. The van der Waals surface area contributed by atoms with Gasteiger partial charge in [-0.15, -0.1) is 0 Å². The Morgan fingerprint density at radius 3 is 3.00 bits per heavy atom. The quantitative estimate of drug-likeness (QED) is 0.535. The van der Waals surface area contributed by atoms with Gasteiger partial charge in [0.05, 0.1) is 11.9 Å². The number of hydrogen-bond donors (Lipinski definition) is 0. The van der Waals surface area contributed by atoms with E-state index in [1.54, 1.807) is 0 Å². The molecular formula is C12H13ClN2. The van der Waals surface area contributed by atoms with Gasteiger partial charge in [-0.1, -0.05) is 23.8 Å². The minimum Gasteiger partial charge on any atom is -0.369 e. The van der Waals surface area contributed by atoms with Crippen LogP contribution in [0, 0.1) is 11.8 Å². The Labute approximate surface area is 94.6 Å². The van der Waals surface area contributed by atoms with Gasteiger partial charge in [0.15, 0.2) is 0 Å². The normalized spacial score (nSPS) is 28.5. The molecule has 0 unspecified atom stereocenters. The second-order valence-corrected chi connectivity index (χ2v) is 4.72.